The monoisotopic (exact) mass is 414 g/mol. The number of nitrogens with zero attached hydrogens (tertiary/aromatic N) is 3. The van der Waals surface area contributed by atoms with Crippen molar-refractivity contribution in [1.82, 2.24) is 14.3 Å². The van der Waals surface area contributed by atoms with Gasteiger partial charge in [-0.05, 0) is 31.0 Å². The third-order valence-electron chi connectivity index (χ3n) is 4.14. The number of carbonyl (C=O) groups is 1. The highest BCUT2D eigenvalue weighted by atomic mass is 35.5. The van der Waals surface area contributed by atoms with E-state index in [1.165, 1.54) is 28.8 Å². The number of rotatable bonds is 4. The Morgan fingerprint density at radius 1 is 1.08 bits per heavy atom. The summed E-state index contributed by atoms with van der Waals surface area (Å²) >= 11 is 12.1. The zero-order valence-corrected chi connectivity index (χ0v) is 15.9. The SMILES string of the molecule is O=C(Nc1ncccn1)C1CCN(S(=O)(=O)c2c(Cl)cccc2Cl)CC1. The van der Waals surface area contributed by atoms with Crippen molar-refractivity contribution in [2.45, 2.75) is 17.7 Å². The van der Waals surface area contributed by atoms with Gasteiger partial charge in [0.1, 0.15) is 4.90 Å². The molecule has 1 aromatic heterocycles. The van der Waals surface area contributed by atoms with E-state index >= 15 is 0 Å². The minimum atomic E-state index is -3.82. The van der Waals surface area contributed by atoms with Gasteiger partial charge in [0.25, 0.3) is 0 Å². The summed E-state index contributed by atoms with van der Waals surface area (Å²) in [4.78, 5) is 20.1. The van der Waals surface area contributed by atoms with Gasteiger partial charge in [-0.15, -0.1) is 0 Å². The van der Waals surface area contributed by atoms with Crippen molar-refractivity contribution in [2.75, 3.05) is 18.4 Å². The van der Waals surface area contributed by atoms with Gasteiger partial charge >= 0.3 is 0 Å². The quantitative estimate of drug-likeness (QED) is 0.829. The molecular weight excluding hydrogens is 399 g/mol. The number of benzene rings is 1. The summed E-state index contributed by atoms with van der Waals surface area (Å²) < 4.78 is 27.0. The van der Waals surface area contributed by atoms with Crippen LogP contribution in [0.5, 0.6) is 0 Å². The molecule has 1 fully saturated rings. The normalized spacial score (nSPS) is 16.4. The Morgan fingerprint density at radius 2 is 1.65 bits per heavy atom. The maximum atomic E-state index is 12.8. The molecule has 3 rings (SSSR count). The van der Waals surface area contributed by atoms with Gasteiger partial charge in [0.15, 0.2) is 0 Å². The lowest BCUT2D eigenvalue weighted by molar-refractivity contribution is -0.121. The van der Waals surface area contributed by atoms with E-state index in [-0.39, 0.29) is 45.8 Å². The minimum Gasteiger partial charge on any atom is -0.294 e. The van der Waals surface area contributed by atoms with Gasteiger partial charge in [-0.2, -0.15) is 4.31 Å². The van der Waals surface area contributed by atoms with E-state index in [1.54, 1.807) is 12.1 Å². The fourth-order valence-corrected chi connectivity index (χ4v) is 5.35. The molecule has 26 heavy (non-hydrogen) atoms. The molecule has 0 saturated carbocycles. The molecule has 0 atom stereocenters. The molecule has 1 aliphatic heterocycles. The van der Waals surface area contributed by atoms with Crippen LogP contribution in [0, 0.1) is 5.92 Å². The molecule has 0 radical (unpaired) electrons. The van der Waals surface area contributed by atoms with Gasteiger partial charge in [0.2, 0.25) is 21.9 Å². The van der Waals surface area contributed by atoms with Crippen molar-refractivity contribution in [2.24, 2.45) is 5.92 Å². The smallest absolute Gasteiger partial charge is 0.246 e. The average molecular weight is 415 g/mol. The minimum absolute atomic E-state index is 0.0820. The first-order valence-corrected chi connectivity index (χ1v) is 10.1. The predicted octanol–water partition coefficient (Wildman–Crippen LogP) is 2.82. The zero-order valence-electron chi connectivity index (χ0n) is 13.6. The van der Waals surface area contributed by atoms with E-state index in [4.69, 9.17) is 23.2 Å². The molecule has 0 unspecified atom stereocenters. The van der Waals surface area contributed by atoms with Crippen LogP contribution in [-0.4, -0.2) is 41.7 Å². The summed E-state index contributed by atoms with van der Waals surface area (Å²) in [6, 6.07) is 6.21. The second-order valence-electron chi connectivity index (χ2n) is 5.79. The summed E-state index contributed by atoms with van der Waals surface area (Å²) in [5.74, 6) is -0.300. The van der Waals surface area contributed by atoms with E-state index in [0.717, 1.165) is 0 Å². The van der Waals surface area contributed by atoms with Gasteiger partial charge < -0.3 is 0 Å². The number of anilines is 1. The lowest BCUT2D eigenvalue weighted by Gasteiger charge is -2.30. The molecule has 1 amide bonds. The number of amides is 1. The number of sulfonamides is 1. The van der Waals surface area contributed by atoms with Crippen molar-refractivity contribution in [3.05, 3.63) is 46.7 Å². The topological polar surface area (TPSA) is 92.3 Å². The van der Waals surface area contributed by atoms with Crippen LogP contribution in [0.25, 0.3) is 0 Å². The molecule has 0 bridgehead atoms. The molecule has 2 aromatic rings. The van der Waals surface area contributed by atoms with E-state index < -0.39 is 10.0 Å². The Morgan fingerprint density at radius 3 is 2.23 bits per heavy atom. The van der Waals surface area contributed by atoms with E-state index in [2.05, 4.69) is 15.3 Å². The first-order chi connectivity index (χ1) is 12.4. The van der Waals surface area contributed by atoms with Crippen LogP contribution in [0.2, 0.25) is 10.0 Å². The average Bonchev–Trinajstić information content (AvgIpc) is 2.62. The van der Waals surface area contributed by atoms with Crippen LogP contribution in [-0.2, 0) is 14.8 Å². The molecule has 1 N–H and O–H groups in total. The van der Waals surface area contributed by atoms with Crippen LogP contribution in [0.3, 0.4) is 0 Å². The van der Waals surface area contributed by atoms with Crippen LogP contribution in [0.1, 0.15) is 12.8 Å². The van der Waals surface area contributed by atoms with Gasteiger partial charge in [0.05, 0.1) is 10.0 Å². The highest BCUT2D eigenvalue weighted by Gasteiger charge is 2.34. The Kier molecular flexibility index (Phi) is 5.76. The summed E-state index contributed by atoms with van der Waals surface area (Å²) in [6.45, 7) is 0.412. The van der Waals surface area contributed by atoms with Gasteiger partial charge in [0, 0.05) is 31.4 Å². The lowest BCUT2D eigenvalue weighted by Crippen LogP contribution is -2.41. The highest BCUT2D eigenvalue weighted by molar-refractivity contribution is 7.89. The molecule has 0 spiro atoms. The summed E-state index contributed by atoms with van der Waals surface area (Å²) in [5.41, 5.74) is 0. The molecule has 7 nitrogen and oxygen atoms in total. The third-order valence-corrected chi connectivity index (χ3v) is 7.00. The molecule has 0 aliphatic carbocycles. The highest BCUT2D eigenvalue weighted by Crippen LogP contribution is 2.33. The molecule has 1 aliphatic rings. The number of carbonyl (C=O) groups excluding carboxylic acids is 1. The Balaban J connectivity index is 1.67. The number of hydrogen-bond acceptors (Lipinski definition) is 5. The molecular formula is C16H16Cl2N4O3S. The maximum Gasteiger partial charge on any atom is 0.246 e. The number of aromatic nitrogens is 2. The number of nitrogens with one attached hydrogen (secondary N) is 1. The summed E-state index contributed by atoms with van der Waals surface area (Å²) in [6.07, 6.45) is 3.84. The molecule has 1 saturated heterocycles. The number of piperidine rings is 1. The predicted molar refractivity (Wildman–Crippen MR) is 98.6 cm³/mol. The molecule has 2 heterocycles. The standard InChI is InChI=1S/C16H16Cl2N4O3S/c17-12-3-1-4-13(18)14(12)26(24,25)22-9-5-11(6-10-22)15(23)21-16-19-7-2-8-20-16/h1-4,7-8,11H,5-6,9-10H2,(H,19,20,21,23). The van der Waals surface area contributed by atoms with Crippen molar-refractivity contribution < 1.29 is 13.2 Å². The third kappa shape index (κ3) is 3.98. The van der Waals surface area contributed by atoms with Gasteiger partial charge in [-0.3, -0.25) is 10.1 Å². The zero-order chi connectivity index (χ0) is 18.7. The van der Waals surface area contributed by atoms with Crippen LogP contribution >= 0.6 is 23.2 Å². The Bertz CT molecular complexity index is 881. The van der Waals surface area contributed by atoms with E-state index in [0.29, 0.717) is 12.8 Å². The van der Waals surface area contributed by atoms with Crippen LogP contribution in [0.15, 0.2) is 41.6 Å². The maximum absolute atomic E-state index is 12.8. The van der Waals surface area contributed by atoms with E-state index in [9.17, 15) is 13.2 Å². The van der Waals surface area contributed by atoms with Crippen molar-refractivity contribution >= 4 is 45.1 Å². The molecule has 138 valence electrons. The number of hydrogen-bond donors (Lipinski definition) is 1. The Labute approximate surface area is 161 Å². The molecule has 10 heteroatoms. The second kappa shape index (κ2) is 7.87. The lowest BCUT2D eigenvalue weighted by atomic mass is 9.97. The number of halogens is 2. The molecule has 1 aromatic carbocycles. The van der Waals surface area contributed by atoms with Crippen molar-refractivity contribution in [1.29, 1.82) is 0 Å². The van der Waals surface area contributed by atoms with Crippen molar-refractivity contribution in [3.63, 3.8) is 0 Å². The van der Waals surface area contributed by atoms with E-state index in [1.807, 2.05) is 0 Å². The fourth-order valence-electron chi connectivity index (χ4n) is 2.79. The second-order valence-corrected chi connectivity index (χ2v) is 8.48. The first-order valence-electron chi connectivity index (χ1n) is 7.91. The van der Waals surface area contributed by atoms with Gasteiger partial charge in [-0.1, -0.05) is 29.3 Å². The van der Waals surface area contributed by atoms with Crippen molar-refractivity contribution in [3.8, 4) is 0 Å². The first kappa shape index (κ1) is 19.0. The van der Waals surface area contributed by atoms with Crippen LogP contribution in [0.4, 0.5) is 5.95 Å². The summed E-state index contributed by atoms with van der Waals surface area (Å²) in [5, 5.41) is 2.81. The fraction of sp³-hybridized carbons (Fsp3) is 0.312. The van der Waals surface area contributed by atoms with Crippen LogP contribution < -0.4 is 5.32 Å². The van der Waals surface area contributed by atoms with Gasteiger partial charge in [-0.25, -0.2) is 18.4 Å². The summed E-state index contributed by atoms with van der Waals surface area (Å²) in [7, 11) is -3.82. The Hall–Kier alpha value is -1.74. The largest absolute Gasteiger partial charge is 0.294 e.